The summed E-state index contributed by atoms with van der Waals surface area (Å²) in [5, 5.41) is 0. The second-order valence-corrected chi connectivity index (χ2v) is 11.1. The van der Waals surface area contributed by atoms with Gasteiger partial charge in [0, 0.05) is 20.1 Å². The molecule has 3 aromatic rings. The standard InChI is InChI=1S/C29H34N2O4S/c1-3-23-15-17-26(18-16-23)36(33,34)31-20-10-9-19-30(2)29(32)27-13-7-8-14-28(27)35-22-25(31)21-24-11-5-4-6-12-24/h4-8,11-18,25H,3,9-10,19-22H2,1-2H3/t25-/m0/s1. The number of hydrogen-bond acceptors (Lipinski definition) is 4. The lowest BCUT2D eigenvalue weighted by Crippen LogP contribution is -2.46. The molecule has 7 heteroatoms. The van der Waals surface area contributed by atoms with E-state index in [1.807, 2.05) is 61.5 Å². The van der Waals surface area contributed by atoms with E-state index >= 15 is 0 Å². The highest BCUT2D eigenvalue weighted by Crippen LogP contribution is 2.26. The highest BCUT2D eigenvalue weighted by Gasteiger charge is 2.33. The van der Waals surface area contributed by atoms with Crippen molar-refractivity contribution < 1.29 is 17.9 Å². The molecule has 0 fully saturated rings. The van der Waals surface area contributed by atoms with Crippen molar-refractivity contribution in [1.29, 1.82) is 0 Å². The quantitative estimate of drug-likeness (QED) is 0.499. The average molecular weight is 507 g/mol. The van der Waals surface area contributed by atoms with Crippen LogP contribution >= 0.6 is 0 Å². The zero-order valence-electron chi connectivity index (χ0n) is 21.0. The van der Waals surface area contributed by atoms with Crippen LogP contribution in [0, 0.1) is 0 Å². The number of para-hydroxylation sites is 1. The van der Waals surface area contributed by atoms with Crippen LogP contribution in [-0.4, -0.2) is 56.3 Å². The molecule has 0 aliphatic carbocycles. The summed E-state index contributed by atoms with van der Waals surface area (Å²) in [6.45, 7) is 3.07. The molecule has 0 saturated carbocycles. The number of nitrogens with zero attached hydrogens (tertiary/aromatic N) is 2. The lowest BCUT2D eigenvalue weighted by molar-refractivity contribution is 0.0781. The maximum atomic E-state index is 14.0. The Morgan fingerprint density at radius 3 is 2.25 bits per heavy atom. The highest BCUT2D eigenvalue weighted by molar-refractivity contribution is 7.89. The monoisotopic (exact) mass is 506 g/mol. The van der Waals surface area contributed by atoms with Crippen LogP contribution in [0.3, 0.4) is 0 Å². The molecule has 36 heavy (non-hydrogen) atoms. The fourth-order valence-electron chi connectivity index (χ4n) is 4.54. The van der Waals surface area contributed by atoms with Gasteiger partial charge in [0.25, 0.3) is 5.91 Å². The minimum Gasteiger partial charge on any atom is -0.491 e. The molecule has 1 aliphatic rings. The smallest absolute Gasteiger partial charge is 0.257 e. The van der Waals surface area contributed by atoms with Crippen molar-refractivity contribution in [2.45, 2.75) is 43.5 Å². The van der Waals surface area contributed by atoms with Crippen molar-refractivity contribution >= 4 is 15.9 Å². The van der Waals surface area contributed by atoms with E-state index in [9.17, 15) is 13.2 Å². The van der Waals surface area contributed by atoms with Crippen molar-refractivity contribution in [2.24, 2.45) is 0 Å². The molecule has 0 spiro atoms. The fourth-order valence-corrected chi connectivity index (χ4v) is 6.19. The number of rotatable bonds is 5. The van der Waals surface area contributed by atoms with Crippen molar-refractivity contribution in [1.82, 2.24) is 9.21 Å². The number of carbonyl (C=O) groups excluding carboxylic acids is 1. The summed E-state index contributed by atoms with van der Waals surface area (Å²) >= 11 is 0. The zero-order chi connectivity index (χ0) is 25.5. The Morgan fingerprint density at radius 1 is 0.861 bits per heavy atom. The minimum atomic E-state index is -3.77. The van der Waals surface area contributed by atoms with Gasteiger partial charge in [0.1, 0.15) is 12.4 Å². The normalized spacial score (nSPS) is 18.0. The predicted octanol–water partition coefficient (Wildman–Crippen LogP) is 4.80. The van der Waals surface area contributed by atoms with Crippen molar-refractivity contribution in [2.75, 3.05) is 26.7 Å². The van der Waals surface area contributed by atoms with Gasteiger partial charge in [-0.15, -0.1) is 0 Å². The van der Waals surface area contributed by atoms with E-state index in [0.29, 0.717) is 43.7 Å². The third-order valence-electron chi connectivity index (χ3n) is 6.68. The van der Waals surface area contributed by atoms with E-state index < -0.39 is 16.1 Å². The maximum Gasteiger partial charge on any atom is 0.257 e. The highest BCUT2D eigenvalue weighted by atomic mass is 32.2. The summed E-state index contributed by atoms with van der Waals surface area (Å²) in [5.74, 6) is 0.379. The summed E-state index contributed by atoms with van der Waals surface area (Å²) in [6, 6.07) is 23.8. The van der Waals surface area contributed by atoms with Crippen molar-refractivity contribution in [3.05, 3.63) is 95.6 Å². The Labute approximate surface area is 214 Å². The molecule has 1 heterocycles. The molecular formula is C29H34N2O4S. The Morgan fingerprint density at radius 2 is 1.53 bits per heavy atom. The summed E-state index contributed by atoms with van der Waals surface area (Å²) < 4.78 is 35.8. The third-order valence-corrected chi connectivity index (χ3v) is 8.64. The first-order valence-corrected chi connectivity index (χ1v) is 14.0. The molecule has 0 N–H and O–H groups in total. The topological polar surface area (TPSA) is 66.9 Å². The Kier molecular flexibility index (Phi) is 8.44. The average Bonchev–Trinajstić information content (AvgIpc) is 2.90. The van der Waals surface area contributed by atoms with Gasteiger partial charge in [0.15, 0.2) is 0 Å². The van der Waals surface area contributed by atoms with Crippen LogP contribution in [0.5, 0.6) is 5.75 Å². The summed E-state index contributed by atoms with van der Waals surface area (Å²) in [6.07, 6.45) is 2.68. The SMILES string of the molecule is CCc1ccc(S(=O)(=O)N2CCCCN(C)C(=O)c3ccccc3OC[C@@H]2Cc2ccccc2)cc1. The Hall–Kier alpha value is -3.16. The molecular weight excluding hydrogens is 472 g/mol. The number of hydrogen-bond donors (Lipinski definition) is 0. The number of amides is 1. The van der Waals surface area contributed by atoms with Crippen LogP contribution in [0.2, 0.25) is 0 Å². The predicted molar refractivity (Wildman–Crippen MR) is 142 cm³/mol. The number of fused-ring (bicyclic) bond motifs is 1. The van der Waals surface area contributed by atoms with Crippen LogP contribution in [0.4, 0.5) is 0 Å². The first-order chi connectivity index (χ1) is 17.4. The first-order valence-electron chi connectivity index (χ1n) is 12.5. The molecule has 0 aromatic heterocycles. The van der Waals surface area contributed by atoms with Gasteiger partial charge in [-0.25, -0.2) is 8.42 Å². The van der Waals surface area contributed by atoms with E-state index in [1.165, 1.54) is 0 Å². The van der Waals surface area contributed by atoms with E-state index in [2.05, 4.69) is 0 Å². The van der Waals surface area contributed by atoms with Gasteiger partial charge in [-0.2, -0.15) is 4.31 Å². The number of aryl methyl sites for hydroxylation is 1. The lowest BCUT2D eigenvalue weighted by atomic mass is 10.1. The fraction of sp³-hybridized carbons (Fsp3) is 0.345. The van der Waals surface area contributed by atoms with Gasteiger partial charge in [0.2, 0.25) is 10.0 Å². The van der Waals surface area contributed by atoms with E-state index in [4.69, 9.17) is 4.74 Å². The molecule has 3 aromatic carbocycles. The van der Waals surface area contributed by atoms with E-state index in [1.54, 1.807) is 40.5 Å². The van der Waals surface area contributed by atoms with Crippen molar-refractivity contribution in [3.8, 4) is 5.75 Å². The number of ether oxygens (including phenoxy) is 1. The minimum absolute atomic E-state index is 0.0914. The van der Waals surface area contributed by atoms with E-state index in [0.717, 1.165) is 17.5 Å². The number of sulfonamides is 1. The molecule has 0 saturated heterocycles. The molecule has 0 bridgehead atoms. The molecule has 190 valence electrons. The van der Waals surface area contributed by atoms with Gasteiger partial charge >= 0.3 is 0 Å². The Bertz CT molecular complexity index is 1260. The van der Waals surface area contributed by atoms with Crippen LogP contribution in [-0.2, 0) is 22.9 Å². The zero-order valence-corrected chi connectivity index (χ0v) is 21.8. The van der Waals surface area contributed by atoms with Gasteiger partial charge in [-0.1, -0.05) is 61.5 Å². The molecule has 0 unspecified atom stereocenters. The Balaban J connectivity index is 1.73. The molecule has 4 rings (SSSR count). The molecule has 1 aliphatic heterocycles. The number of carbonyl (C=O) groups is 1. The lowest BCUT2D eigenvalue weighted by Gasteiger charge is -2.32. The van der Waals surface area contributed by atoms with Gasteiger partial charge in [-0.05, 0) is 61.1 Å². The number of benzene rings is 3. The van der Waals surface area contributed by atoms with Gasteiger partial charge < -0.3 is 9.64 Å². The molecule has 6 nitrogen and oxygen atoms in total. The summed E-state index contributed by atoms with van der Waals surface area (Å²) in [5.41, 5.74) is 2.61. The molecule has 0 radical (unpaired) electrons. The largest absolute Gasteiger partial charge is 0.491 e. The summed E-state index contributed by atoms with van der Waals surface area (Å²) in [7, 11) is -2.00. The van der Waals surface area contributed by atoms with E-state index in [-0.39, 0.29) is 17.4 Å². The first kappa shape index (κ1) is 25.9. The second kappa shape index (κ2) is 11.7. The molecule has 1 atom stereocenters. The van der Waals surface area contributed by atoms with Crippen LogP contribution in [0.1, 0.15) is 41.3 Å². The third kappa shape index (κ3) is 5.97. The summed E-state index contributed by atoms with van der Waals surface area (Å²) in [4.78, 5) is 15.0. The second-order valence-electron chi connectivity index (χ2n) is 9.20. The van der Waals surface area contributed by atoms with Crippen molar-refractivity contribution in [3.63, 3.8) is 0 Å². The van der Waals surface area contributed by atoms with Crippen LogP contribution in [0.15, 0.2) is 83.8 Å². The van der Waals surface area contributed by atoms with Crippen LogP contribution in [0.25, 0.3) is 0 Å². The molecule has 1 amide bonds. The maximum absolute atomic E-state index is 14.0. The van der Waals surface area contributed by atoms with Gasteiger partial charge in [-0.3, -0.25) is 4.79 Å². The van der Waals surface area contributed by atoms with Crippen LogP contribution < -0.4 is 4.74 Å². The van der Waals surface area contributed by atoms with Gasteiger partial charge in [0.05, 0.1) is 16.5 Å².